The molecule has 4 rings (SSSR count). The molecule has 1 aromatic heterocycles. The summed E-state index contributed by atoms with van der Waals surface area (Å²) in [5.74, 6) is 0.203. The Morgan fingerprint density at radius 3 is 2.46 bits per heavy atom. The Labute approximate surface area is 164 Å². The van der Waals surface area contributed by atoms with Gasteiger partial charge >= 0.3 is 0 Å². The Morgan fingerprint density at radius 1 is 1.14 bits per heavy atom. The third-order valence-corrected chi connectivity index (χ3v) is 4.74. The largest absolute Gasteiger partial charge is 0.506 e. The molecule has 2 aromatic carbocycles. The molecule has 0 saturated carbocycles. The number of aromatic nitrogens is 1. The average Bonchev–Trinajstić information content (AvgIpc) is 2.67. The molecule has 0 aliphatic carbocycles. The maximum Gasteiger partial charge on any atom is 0.254 e. The van der Waals surface area contributed by atoms with Crippen LogP contribution in [0.2, 0.25) is 0 Å². The van der Waals surface area contributed by atoms with Gasteiger partial charge in [-0.3, -0.25) is 9.78 Å². The van der Waals surface area contributed by atoms with Crippen LogP contribution in [-0.4, -0.2) is 44.7 Å². The number of phenols is 1. The van der Waals surface area contributed by atoms with E-state index >= 15 is 0 Å². The minimum atomic E-state index is -0.668. The topological polar surface area (TPSA) is 99.7 Å². The van der Waals surface area contributed by atoms with Gasteiger partial charge in [0, 0.05) is 22.8 Å². The standard InChI is InChI=1S/C13H18N2O2.C9H7NO/c1-2-7-13(17)8-15(9-13)12(16)10-3-5-11(14)6-4-10;11-8-5-1-3-7-4-2-6-10-9(7)8/h3-6,17H,2,7-9,14H2,1H3;1-6,11H. The van der Waals surface area contributed by atoms with E-state index in [0.29, 0.717) is 29.9 Å². The number of para-hydroxylation sites is 1. The van der Waals surface area contributed by atoms with E-state index < -0.39 is 5.60 Å². The van der Waals surface area contributed by atoms with Crippen LogP contribution < -0.4 is 5.73 Å². The van der Waals surface area contributed by atoms with E-state index in [4.69, 9.17) is 5.73 Å². The second-order valence-electron chi connectivity index (χ2n) is 7.11. The van der Waals surface area contributed by atoms with Crippen molar-refractivity contribution >= 4 is 22.5 Å². The van der Waals surface area contributed by atoms with Crippen molar-refractivity contribution in [3.63, 3.8) is 0 Å². The van der Waals surface area contributed by atoms with Crippen LogP contribution in [0.4, 0.5) is 5.69 Å². The number of rotatable bonds is 3. The second-order valence-corrected chi connectivity index (χ2v) is 7.11. The highest BCUT2D eigenvalue weighted by Crippen LogP contribution is 2.27. The van der Waals surface area contributed by atoms with Crippen LogP contribution >= 0.6 is 0 Å². The summed E-state index contributed by atoms with van der Waals surface area (Å²) in [4.78, 5) is 17.7. The highest BCUT2D eigenvalue weighted by Gasteiger charge is 2.42. The van der Waals surface area contributed by atoms with Crippen molar-refractivity contribution in [3.8, 4) is 5.75 Å². The molecule has 0 bridgehead atoms. The number of aliphatic hydroxyl groups is 1. The Kier molecular flexibility index (Phi) is 5.80. The molecule has 3 aromatic rings. The van der Waals surface area contributed by atoms with Gasteiger partial charge < -0.3 is 20.8 Å². The van der Waals surface area contributed by atoms with Crippen LogP contribution in [0.1, 0.15) is 30.1 Å². The lowest BCUT2D eigenvalue weighted by Gasteiger charge is -2.46. The van der Waals surface area contributed by atoms with E-state index in [1.165, 1.54) is 0 Å². The quantitative estimate of drug-likeness (QED) is 0.607. The number of amides is 1. The molecule has 0 spiro atoms. The predicted molar refractivity (Wildman–Crippen MR) is 110 cm³/mol. The maximum atomic E-state index is 12.0. The minimum absolute atomic E-state index is 0.0363. The number of pyridine rings is 1. The molecule has 146 valence electrons. The van der Waals surface area contributed by atoms with E-state index in [2.05, 4.69) is 4.98 Å². The van der Waals surface area contributed by atoms with Gasteiger partial charge in [0.25, 0.3) is 5.91 Å². The third kappa shape index (κ3) is 4.40. The summed E-state index contributed by atoms with van der Waals surface area (Å²) >= 11 is 0. The fraction of sp³-hybridized carbons (Fsp3) is 0.273. The number of nitrogens with two attached hydrogens (primary N) is 1. The van der Waals surface area contributed by atoms with Crippen LogP contribution in [0.25, 0.3) is 10.9 Å². The van der Waals surface area contributed by atoms with Crippen LogP contribution in [0.15, 0.2) is 60.8 Å². The van der Waals surface area contributed by atoms with Crippen LogP contribution in [0.3, 0.4) is 0 Å². The molecule has 1 aliphatic rings. The number of carbonyl (C=O) groups excluding carboxylic acids is 1. The van der Waals surface area contributed by atoms with Crippen molar-refractivity contribution in [3.05, 3.63) is 66.4 Å². The maximum absolute atomic E-state index is 12.0. The van der Waals surface area contributed by atoms with Gasteiger partial charge in [-0.2, -0.15) is 0 Å². The average molecular weight is 379 g/mol. The Hall–Kier alpha value is -3.12. The Morgan fingerprint density at radius 2 is 1.82 bits per heavy atom. The molecule has 0 unspecified atom stereocenters. The lowest BCUT2D eigenvalue weighted by atomic mass is 9.89. The summed E-state index contributed by atoms with van der Waals surface area (Å²) in [6, 6.07) is 16.0. The number of hydrogen-bond donors (Lipinski definition) is 3. The number of hydrogen-bond acceptors (Lipinski definition) is 5. The van der Waals surface area contributed by atoms with Gasteiger partial charge in [0.15, 0.2) is 0 Å². The number of β-amino-alcohol motifs (C(OH)–C–C–N with tert-alkyl or cyclic N) is 1. The third-order valence-electron chi connectivity index (χ3n) is 4.74. The summed E-state index contributed by atoms with van der Waals surface area (Å²) in [7, 11) is 0. The normalized spacial score (nSPS) is 14.7. The lowest BCUT2D eigenvalue weighted by Crippen LogP contribution is -2.63. The zero-order valence-electron chi connectivity index (χ0n) is 15.9. The summed E-state index contributed by atoms with van der Waals surface area (Å²) in [5.41, 5.74) is 6.83. The van der Waals surface area contributed by atoms with Gasteiger partial charge in [-0.1, -0.05) is 31.5 Å². The van der Waals surface area contributed by atoms with Gasteiger partial charge in [-0.15, -0.1) is 0 Å². The molecule has 0 atom stereocenters. The number of nitrogen functional groups attached to an aromatic ring is 1. The van der Waals surface area contributed by atoms with Crippen molar-refractivity contribution in [2.75, 3.05) is 18.8 Å². The minimum Gasteiger partial charge on any atom is -0.506 e. The van der Waals surface area contributed by atoms with Crippen molar-refractivity contribution in [2.24, 2.45) is 0 Å². The molecule has 6 heteroatoms. The van der Waals surface area contributed by atoms with E-state index in [-0.39, 0.29) is 11.7 Å². The number of anilines is 1. The van der Waals surface area contributed by atoms with E-state index in [9.17, 15) is 15.0 Å². The molecule has 1 amide bonds. The first-order chi connectivity index (χ1) is 13.4. The van der Waals surface area contributed by atoms with E-state index in [1.54, 1.807) is 47.5 Å². The van der Waals surface area contributed by atoms with Gasteiger partial charge in [-0.05, 0) is 42.8 Å². The number of likely N-dealkylation sites (tertiary alicyclic amines) is 1. The van der Waals surface area contributed by atoms with Crippen molar-refractivity contribution in [1.82, 2.24) is 9.88 Å². The SMILES string of the molecule is CCCC1(O)CN(C(=O)c2ccc(N)cc2)C1.Oc1cccc2cccnc12. The molecule has 1 saturated heterocycles. The van der Waals surface area contributed by atoms with E-state index in [0.717, 1.165) is 18.2 Å². The fourth-order valence-electron chi connectivity index (χ4n) is 3.33. The number of aromatic hydroxyl groups is 1. The van der Waals surface area contributed by atoms with E-state index in [1.807, 2.05) is 25.1 Å². The first-order valence-electron chi connectivity index (χ1n) is 9.32. The van der Waals surface area contributed by atoms with Crippen molar-refractivity contribution < 1.29 is 15.0 Å². The first kappa shape index (κ1) is 19.6. The van der Waals surface area contributed by atoms with Gasteiger partial charge in [0.1, 0.15) is 11.3 Å². The van der Waals surface area contributed by atoms with Crippen molar-refractivity contribution in [2.45, 2.75) is 25.4 Å². The molecule has 1 fully saturated rings. The number of fused-ring (bicyclic) bond motifs is 1. The highest BCUT2D eigenvalue weighted by molar-refractivity contribution is 5.95. The smallest absolute Gasteiger partial charge is 0.254 e. The Balaban J connectivity index is 0.000000176. The zero-order valence-corrected chi connectivity index (χ0v) is 15.9. The van der Waals surface area contributed by atoms with Crippen LogP contribution in [0, 0.1) is 0 Å². The molecule has 6 nitrogen and oxygen atoms in total. The second kappa shape index (κ2) is 8.27. The summed E-state index contributed by atoms with van der Waals surface area (Å²) in [5, 5.41) is 20.3. The van der Waals surface area contributed by atoms with Crippen molar-refractivity contribution in [1.29, 1.82) is 0 Å². The summed E-state index contributed by atoms with van der Waals surface area (Å²) in [6.45, 7) is 2.90. The summed E-state index contributed by atoms with van der Waals surface area (Å²) < 4.78 is 0. The van der Waals surface area contributed by atoms with Crippen LogP contribution in [0.5, 0.6) is 5.75 Å². The van der Waals surface area contributed by atoms with Crippen LogP contribution in [-0.2, 0) is 0 Å². The predicted octanol–water partition coefficient (Wildman–Crippen LogP) is 3.20. The highest BCUT2D eigenvalue weighted by atomic mass is 16.3. The number of benzene rings is 2. The van der Waals surface area contributed by atoms with Gasteiger partial charge in [0.05, 0.1) is 18.7 Å². The van der Waals surface area contributed by atoms with Gasteiger partial charge in [-0.25, -0.2) is 0 Å². The molecule has 2 heterocycles. The Bertz CT molecular complexity index is 945. The van der Waals surface area contributed by atoms with Gasteiger partial charge in [0.2, 0.25) is 0 Å². The molecule has 0 radical (unpaired) electrons. The molecular formula is C22H25N3O3. The molecule has 28 heavy (non-hydrogen) atoms. The molecular weight excluding hydrogens is 354 g/mol. The molecule has 4 N–H and O–H groups in total. The fourth-order valence-corrected chi connectivity index (χ4v) is 3.33. The first-order valence-corrected chi connectivity index (χ1v) is 9.32. The lowest BCUT2D eigenvalue weighted by molar-refractivity contribution is -0.0860. The zero-order chi connectivity index (χ0) is 20.1. The number of nitrogens with zero attached hydrogens (tertiary/aromatic N) is 2. The number of phenolic OH excluding ortho intramolecular Hbond substituents is 1. The summed E-state index contributed by atoms with van der Waals surface area (Å²) in [6.07, 6.45) is 3.35. The monoisotopic (exact) mass is 379 g/mol. The molecule has 1 aliphatic heterocycles. The number of carbonyl (C=O) groups is 1.